The lowest BCUT2D eigenvalue weighted by molar-refractivity contribution is 0.101. The molecule has 2 aromatic rings. The zero-order chi connectivity index (χ0) is 13.7. The number of nitrogens with zero attached hydrogens (tertiary/aromatic N) is 1. The van der Waals surface area contributed by atoms with Gasteiger partial charge in [-0.05, 0) is 43.2 Å². The van der Waals surface area contributed by atoms with Gasteiger partial charge in [-0.15, -0.1) is 0 Å². The minimum absolute atomic E-state index is 0.0144. The highest BCUT2D eigenvalue weighted by Crippen LogP contribution is 2.18. The number of nitrogen functional groups attached to an aromatic ring is 1. The van der Waals surface area contributed by atoms with E-state index in [0.29, 0.717) is 11.3 Å². The van der Waals surface area contributed by atoms with Crippen LogP contribution in [0.2, 0.25) is 0 Å². The molecule has 98 valence electrons. The summed E-state index contributed by atoms with van der Waals surface area (Å²) in [6.07, 6.45) is 4.51. The molecule has 0 radical (unpaired) electrons. The number of pyridine rings is 1. The van der Waals surface area contributed by atoms with Gasteiger partial charge in [-0.1, -0.05) is 6.07 Å². The Morgan fingerprint density at radius 1 is 1.37 bits per heavy atom. The van der Waals surface area contributed by atoms with Crippen molar-refractivity contribution in [2.24, 2.45) is 0 Å². The first-order valence-electron chi connectivity index (χ1n) is 6.20. The Bertz CT molecular complexity index is 567. The minimum atomic E-state index is -0.0144. The molecular formula is C15H17N3O. The van der Waals surface area contributed by atoms with Gasteiger partial charge in [0.25, 0.3) is 0 Å². The van der Waals surface area contributed by atoms with Crippen LogP contribution in [0.25, 0.3) is 0 Å². The van der Waals surface area contributed by atoms with Crippen LogP contribution in [0.15, 0.2) is 42.7 Å². The van der Waals surface area contributed by atoms with Crippen LogP contribution in [0, 0.1) is 0 Å². The molecule has 1 aromatic carbocycles. The first kappa shape index (κ1) is 13.1. The number of carbonyl (C=O) groups is 1. The van der Waals surface area contributed by atoms with Crippen LogP contribution >= 0.6 is 0 Å². The molecule has 0 atom stereocenters. The molecule has 1 aromatic heterocycles. The molecule has 0 aliphatic rings. The number of benzene rings is 1. The van der Waals surface area contributed by atoms with Gasteiger partial charge >= 0.3 is 0 Å². The normalized spacial score (nSPS) is 10.2. The van der Waals surface area contributed by atoms with E-state index in [-0.39, 0.29) is 5.78 Å². The van der Waals surface area contributed by atoms with Crippen molar-refractivity contribution < 1.29 is 4.79 Å². The number of rotatable bonds is 5. The second kappa shape index (κ2) is 6.00. The fourth-order valence-corrected chi connectivity index (χ4v) is 1.89. The fourth-order valence-electron chi connectivity index (χ4n) is 1.89. The number of carbonyl (C=O) groups excluding carboxylic acids is 1. The Labute approximate surface area is 112 Å². The van der Waals surface area contributed by atoms with Crippen molar-refractivity contribution in [1.29, 1.82) is 0 Å². The number of nitrogens with two attached hydrogens (primary N) is 1. The number of anilines is 2. The van der Waals surface area contributed by atoms with E-state index in [1.807, 2.05) is 24.4 Å². The Morgan fingerprint density at radius 2 is 2.21 bits per heavy atom. The van der Waals surface area contributed by atoms with Gasteiger partial charge in [-0.25, -0.2) is 0 Å². The van der Waals surface area contributed by atoms with Gasteiger partial charge in [0.1, 0.15) is 0 Å². The first-order valence-corrected chi connectivity index (χ1v) is 6.20. The predicted molar refractivity (Wildman–Crippen MR) is 77.3 cm³/mol. The highest BCUT2D eigenvalue weighted by atomic mass is 16.1. The molecule has 0 saturated carbocycles. The molecule has 0 bridgehead atoms. The number of hydrogen-bond donors (Lipinski definition) is 2. The molecule has 3 N–H and O–H groups in total. The molecule has 0 saturated heterocycles. The molecule has 2 rings (SSSR count). The summed E-state index contributed by atoms with van der Waals surface area (Å²) in [4.78, 5) is 15.3. The fraction of sp³-hybridized carbons (Fsp3) is 0.200. The van der Waals surface area contributed by atoms with Crippen LogP contribution in [0.5, 0.6) is 0 Å². The lowest BCUT2D eigenvalue weighted by atomic mass is 10.1. The summed E-state index contributed by atoms with van der Waals surface area (Å²) in [5.74, 6) is -0.0144. The first-order chi connectivity index (χ1) is 9.16. The second-order valence-corrected chi connectivity index (χ2v) is 4.40. The third kappa shape index (κ3) is 3.55. The van der Waals surface area contributed by atoms with Crippen molar-refractivity contribution in [2.75, 3.05) is 17.6 Å². The van der Waals surface area contributed by atoms with Gasteiger partial charge in [-0.2, -0.15) is 0 Å². The van der Waals surface area contributed by atoms with Gasteiger partial charge in [0.15, 0.2) is 5.78 Å². The monoisotopic (exact) mass is 255 g/mol. The lowest BCUT2D eigenvalue weighted by Gasteiger charge is -2.09. The van der Waals surface area contributed by atoms with Gasteiger partial charge in [0.2, 0.25) is 0 Å². The molecule has 1 heterocycles. The van der Waals surface area contributed by atoms with E-state index in [1.54, 1.807) is 18.3 Å². The molecule has 19 heavy (non-hydrogen) atoms. The summed E-state index contributed by atoms with van der Waals surface area (Å²) < 4.78 is 0. The van der Waals surface area contributed by atoms with Gasteiger partial charge in [0, 0.05) is 35.9 Å². The average Bonchev–Trinajstić information content (AvgIpc) is 2.39. The third-order valence-electron chi connectivity index (χ3n) is 2.90. The lowest BCUT2D eigenvalue weighted by Crippen LogP contribution is -2.06. The standard InChI is InChI=1S/C15H17N3O/c1-11(19)14-5-4-13(9-15(14)16)18-8-6-12-3-2-7-17-10-12/h2-5,7,9-10,18H,6,8,16H2,1H3. The van der Waals surface area contributed by atoms with E-state index in [2.05, 4.69) is 10.3 Å². The number of aromatic nitrogens is 1. The molecule has 0 aliphatic carbocycles. The zero-order valence-electron chi connectivity index (χ0n) is 10.9. The van der Waals surface area contributed by atoms with E-state index >= 15 is 0 Å². The minimum Gasteiger partial charge on any atom is -0.398 e. The average molecular weight is 255 g/mol. The number of Topliss-reactive ketones (excluding diaryl/α,β-unsaturated/α-hetero) is 1. The SMILES string of the molecule is CC(=O)c1ccc(NCCc2cccnc2)cc1N. The van der Waals surface area contributed by atoms with Crippen molar-refractivity contribution in [3.8, 4) is 0 Å². The van der Waals surface area contributed by atoms with Gasteiger partial charge < -0.3 is 11.1 Å². The molecule has 0 spiro atoms. The number of hydrogen-bond acceptors (Lipinski definition) is 4. The highest BCUT2D eigenvalue weighted by Gasteiger charge is 2.04. The van der Waals surface area contributed by atoms with Crippen LogP contribution in [-0.2, 0) is 6.42 Å². The van der Waals surface area contributed by atoms with Crippen molar-refractivity contribution in [2.45, 2.75) is 13.3 Å². The molecular weight excluding hydrogens is 238 g/mol. The van der Waals surface area contributed by atoms with Crippen molar-refractivity contribution >= 4 is 17.2 Å². The smallest absolute Gasteiger partial charge is 0.161 e. The molecule has 0 aliphatic heterocycles. The van der Waals surface area contributed by atoms with Crippen LogP contribution in [0.1, 0.15) is 22.8 Å². The topological polar surface area (TPSA) is 68.0 Å². The van der Waals surface area contributed by atoms with E-state index in [1.165, 1.54) is 12.5 Å². The molecule has 0 unspecified atom stereocenters. The predicted octanol–water partition coefficient (Wildman–Crippen LogP) is 2.52. The molecule has 0 amide bonds. The molecule has 4 heteroatoms. The van der Waals surface area contributed by atoms with E-state index < -0.39 is 0 Å². The van der Waals surface area contributed by atoms with Crippen LogP contribution in [0.3, 0.4) is 0 Å². The number of nitrogens with one attached hydrogen (secondary N) is 1. The van der Waals surface area contributed by atoms with E-state index in [9.17, 15) is 4.79 Å². The maximum atomic E-state index is 11.3. The zero-order valence-corrected chi connectivity index (χ0v) is 10.9. The quantitative estimate of drug-likeness (QED) is 0.636. The summed E-state index contributed by atoms with van der Waals surface area (Å²) in [6, 6.07) is 9.39. The Balaban J connectivity index is 1.93. The van der Waals surface area contributed by atoms with Crippen molar-refractivity contribution in [3.63, 3.8) is 0 Å². The van der Waals surface area contributed by atoms with E-state index in [4.69, 9.17) is 5.73 Å². The van der Waals surface area contributed by atoms with Crippen LogP contribution < -0.4 is 11.1 Å². The summed E-state index contributed by atoms with van der Waals surface area (Å²) in [6.45, 7) is 2.31. The Kier molecular flexibility index (Phi) is 4.13. The van der Waals surface area contributed by atoms with Gasteiger partial charge in [-0.3, -0.25) is 9.78 Å². The third-order valence-corrected chi connectivity index (χ3v) is 2.90. The summed E-state index contributed by atoms with van der Waals surface area (Å²) >= 11 is 0. The number of ketones is 1. The summed E-state index contributed by atoms with van der Waals surface area (Å²) in [5, 5.41) is 3.28. The Hall–Kier alpha value is -2.36. The Morgan fingerprint density at radius 3 is 2.84 bits per heavy atom. The highest BCUT2D eigenvalue weighted by molar-refractivity contribution is 5.99. The van der Waals surface area contributed by atoms with Crippen LogP contribution in [-0.4, -0.2) is 17.3 Å². The van der Waals surface area contributed by atoms with Crippen molar-refractivity contribution in [1.82, 2.24) is 4.98 Å². The largest absolute Gasteiger partial charge is 0.398 e. The van der Waals surface area contributed by atoms with Crippen LogP contribution in [0.4, 0.5) is 11.4 Å². The summed E-state index contributed by atoms with van der Waals surface area (Å²) in [5.41, 5.74) is 9.02. The summed E-state index contributed by atoms with van der Waals surface area (Å²) in [7, 11) is 0. The molecule has 4 nitrogen and oxygen atoms in total. The molecule has 0 fully saturated rings. The second-order valence-electron chi connectivity index (χ2n) is 4.40. The maximum Gasteiger partial charge on any atom is 0.161 e. The van der Waals surface area contributed by atoms with Gasteiger partial charge in [0.05, 0.1) is 0 Å². The van der Waals surface area contributed by atoms with E-state index in [0.717, 1.165) is 18.7 Å². The van der Waals surface area contributed by atoms with Crippen molar-refractivity contribution in [3.05, 3.63) is 53.9 Å². The maximum absolute atomic E-state index is 11.3.